The molecule has 2 amide bonds. The lowest BCUT2D eigenvalue weighted by Gasteiger charge is -2.33. The van der Waals surface area contributed by atoms with Gasteiger partial charge in [-0.15, -0.1) is 0 Å². The van der Waals surface area contributed by atoms with E-state index < -0.39 is 18.3 Å². The molecule has 0 aromatic rings. The van der Waals surface area contributed by atoms with E-state index >= 15 is 0 Å². The monoisotopic (exact) mass is 273 g/mol. The van der Waals surface area contributed by atoms with E-state index in [1.165, 1.54) is 19.1 Å². The van der Waals surface area contributed by atoms with Gasteiger partial charge in [0, 0.05) is 14.2 Å². The minimum atomic E-state index is -0.679. The van der Waals surface area contributed by atoms with Crippen LogP contribution in [0.3, 0.4) is 0 Å². The molecule has 0 aliphatic carbocycles. The Kier molecular flexibility index (Phi) is 4.92. The molecule has 0 saturated carbocycles. The van der Waals surface area contributed by atoms with E-state index in [2.05, 4.69) is 0 Å². The smallest absolute Gasteiger partial charge is 0.417 e. The van der Waals surface area contributed by atoms with Gasteiger partial charge in [0.2, 0.25) is 5.91 Å². The van der Waals surface area contributed by atoms with Gasteiger partial charge in [-0.05, 0) is 12.3 Å². The van der Waals surface area contributed by atoms with Crippen LogP contribution in [-0.2, 0) is 19.0 Å². The van der Waals surface area contributed by atoms with Crippen LogP contribution in [0.25, 0.3) is 0 Å². The Morgan fingerprint density at radius 3 is 2.32 bits per heavy atom. The van der Waals surface area contributed by atoms with Gasteiger partial charge in [0.05, 0.1) is 12.0 Å². The van der Waals surface area contributed by atoms with Gasteiger partial charge < -0.3 is 14.2 Å². The summed E-state index contributed by atoms with van der Waals surface area (Å²) < 4.78 is 15.2. The molecular formula is C13H23NO5. The molecule has 1 aliphatic heterocycles. The number of amides is 2. The van der Waals surface area contributed by atoms with Gasteiger partial charge in [-0.25, -0.2) is 9.69 Å². The lowest BCUT2D eigenvalue weighted by Crippen LogP contribution is -2.50. The summed E-state index contributed by atoms with van der Waals surface area (Å²) in [4.78, 5) is 25.4. The minimum absolute atomic E-state index is 0.228. The fourth-order valence-corrected chi connectivity index (χ4v) is 2.14. The normalized spacial score (nSPS) is 21.7. The van der Waals surface area contributed by atoms with Gasteiger partial charge >= 0.3 is 6.09 Å². The highest BCUT2D eigenvalue weighted by atomic mass is 16.7. The topological polar surface area (TPSA) is 65.1 Å². The first kappa shape index (κ1) is 15.9. The molecule has 1 fully saturated rings. The summed E-state index contributed by atoms with van der Waals surface area (Å²) >= 11 is 0. The van der Waals surface area contributed by atoms with Crippen molar-refractivity contribution in [3.8, 4) is 0 Å². The predicted molar refractivity (Wildman–Crippen MR) is 68.4 cm³/mol. The Hall–Kier alpha value is -1.14. The number of hydrogen-bond donors (Lipinski definition) is 0. The molecule has 1 aliphatic rings. The predicted octanol–water partition coefficient (Wildman–Crippen LogP) is 1.63. The Morgan fingerprint density at radius 1 is 1.37 bits per heavy atom. The molecule has 1 saturated heterocycles. The van der Waals surface area contributed by atoms with E-state index in [1.807, 2.05) is 20.8 Å². The first-order valence-corrected chi connectivity index (χ1v) is 6.29. The molecule has 6 heteroatoms. The van der Waals surface area contributed by atoms with E-state index in [1.54, 1.807) is 6.92 Å². The maximum absolute atomic E-state index is 12.4. The SMILES string of the molecule is COC(OC)[C@H](C)C(=O)N1C(=O)OC[C@@H]1C(C)(C)C. The first-order valence-electron chi connectivity index (χ1n) is 6.29. The molecule has 1 rings (SSSR count). The van der Waals surface area contributed by atoms with Gasteiger partial charge in [-0.2, -0.15) is 0 Å². The van der Waals surface area contributed by atoms with Gasteiger partial charge in [-0.3, -0.25) is 4.79 Å². The quantitative estimate of drug-likeness (QED) is 0.728. The summed E-state index contributed by atoms with van der Waals surface area (Å²) in [6.07, 6.45) is -1.27. The Balaban J connectivity index is 2.92. The number of hydrogen-bond acceptors (Lipinski definition) is 5. The van der Waals surface area contributed by atoms with E-state index in [0.29, 0.717) is 0 Å². The van der Waals surface area contributed by atoms with Crippen molar-refractivity contribution in [1.82, 2.24) is 4.90 Å². The number of ether oxygens (including phenoxy) is 3. The molecule has 0 aromatic heterocycles. The zero-order chi connectivity index (χ0) is 14.8. The molecule has 2 atom stereocenters. The van der Waals surface area contributed by atoms with E-state index in [0.717, 1.165) is 0 Å². The zero-order valence-corrected chi connectivity index (χ0v) is 12.4. The van der Waals surface area contributed by atoms with Crippen LogP contribution in [0.2, 0.25) is 0 Å². The number of nitrogens with zero attached hydrogens (tertiary/aromatic N) is 1. The van der Waals surface area contributed by atoms with Gasteiger partial charge in [-0.1, -0.05) is 20.8 Å². The molecule has 0 spiro atoms. The highest BCUT2D eigenvalue weighted by Crippen LogP contribution is 2.31. The number of cyclic esters (lactones) is 1. The zero-order valence-electron chi connectivity index (χ0n) is 12.4. The highest BCUT2D eigenvalue weighted by molar-refractivity contribution is 5.95. The van der Waals surface area contributed by atoms with Crippen LogP contribution >= 0.6 is 0 Å². The molecule has 19 heavy (non-hydrogen) atoms. The molecule has 110 valence electrons. The summed E-state index contributed by atoms with van der Waals surface area (Å²) in [6.45, 7) is 7.80. The van der Waals surface area contributed by atoms with Crippen molar-refractivity contribution in [3.05, 3.63) is 0 Å². The van der Waals surface area contributed by atoms with E-state index in [9.17, 15) is 9.59 Å². The second kappa shape index (κ2) is 5.88. The van der Waals surface area contributed by atoms with E-state index in [-0.39, 0.29) is 24.0 Å². The second-order valence-corrected chi connectivity index (χ2v) is 5.80. The Labute approximate surface area is 114 Å². The first-order chi connectivity index (χ1) is 8.73. The van der Waals surface area contributed by atoms with Crippen LogP contribution in [-0.4, -0.2) is 50.1 Å². The summed E-state index contributed by atoms with van der Waals surface area (Å²) in [5.74, 6) is -0.915. The third kappa shape index (κ3) is 3.25. The number of methoxy groups -OCH3 is 2. The molecule has 0 aromatic carbocycles. The highest BCUT2D eigenvalue weighted by Gasteiger charge is 2.46. The maximum atomic E-state index is 12.4. The fourth-order valence-electron chi connectivity index (χ4n) is 2.14. The summed E-state index contributed by atoms with van der Waals surface area (Å²) in [7, 11) is 2.92. The molecule has 0 N–H and O–H groups in total. The number of carbonyl (C=O) groups is 2. The minimum Gasteiger partial charge on any atom is -0.447 e. The van der Waals surface area contributed by atoms with Crippen LogP contribution in [0.15, 0.2) is 0 Å². The van der Waals surface area contributed by atoms with Crippen LogP contribution in [0.4, 0.5) is 4.79 Å². The van der Waals surface area contributed by atoms with Crippen molar-refractivity contribution in [2.24, 2.45) is 11.3 Å². The third-order valence-corrected chi connectivity index (χ3v) is 3.37. The van der Waals surface area contributed by atoms with Crippen molar-refractivity contribution in [2.45, 2.75) is 40.0 Å². The third-order valence-electron chi connectivity index (χ3n) is 3.37. The Morgan fingerprint density at radius 2 is 1.89 bits per heavy atom. The Bertz CT molecular complexity index is 345. The van der Waals surface area contributed by atoms with E-state index in [4.69, 9.17) is 14.2 Å². The molecule has 0 unspecified atom stereocenters. The van der Waals surface area contributed by atoms with Crippen LogP contribution < -0.4 is 0 Å². The van der Waals surface area contributed by atoms with Gasteiger partial charge in [0.15, 0.2) is 6.29 Å². The summed E-state index contributed by atoms with van der Waals surface area (Å²) in [6, 6.07) is -0.274. The maximum Gasteiger partial charge on any atom is 0.417 e. The molecule has 6 nitrogen and oxygen atoms in total. The van der Waals surface area contributed by atoms with Crippen molar-refractivity contribution in [3.63, 3.8) is 0 Å². The van der Waals surface area contributed by atoms with Crippen LogP contribution in [0.5, 0.6) is 0 Å². The largest absolute Gasteiger partial charge is 0.447 e. The van der Waals surface area contributed by atoms with Crippen LogP contribution in [0, 0.1) is 11.3 Å². The number of imide groups is 1. The molecular weight excluding hydrogens is 250 g/mol. The number of carbonyl (C=O) groups excluding carboxylic acids is 2. The molecule has 0 bridgehead atoms. The fraction of sp³-hybridized carbons (Fsp3) is 0.846. The average molecular weight is 273 g/mol. The van der Waals surface area contributed by atoms with Crippen LogP contribution in [0.1, 0.15) is 27.7 Å². The summed E-state index contributed by atoms with van der Waals surface area (Å²) in [5.41, 5.74) is -0.239. The van der Waals surface area contributed by atoms with Crippen molar-refractivity contribution >= 4 is 12.0 Å². The lowest BCUT2D eigenvalue weighted by molar-refractivity contribution is -0.163. The number of rotatable bonds is 4. The average Bonchev–Trinajstić information content (AvgIpc) is 2.71. The molecule has 1 heterocycles. The lowest BCUT2D eigenvalue weighted by atomic mass is 9.86. The van der Waals surface area contributed by atoms with Crippen molar-refractivity contribution in [2.75, 3.05) is 20.8 Å². The van der Waals surface area contributed by atoms with Gasteiger partial charge in [0.25, 0.3) is 0 Å². The van der Waals surface area contributed by atoms with Crippen molar-refractivity contribution in [1.29, 1.82) is 0 Å². The molecule has 0 radical (unpaired) electrons. The summed E-state index contributed by atoms with van der Waals surface area (Å²) in [5, 5.41) is 0. The van der Waals surface area contributed by atoms with Crippen molar-refractivity contribution < 1.29 is 23.8 Å². The second-order valence-electron chi connectivity index (χ2n) is 5.80. The standard InChI is InChI=1S/C13H23NO5/c1-8(11(17-5)18-6)10(15)14-9(13(2,3)4)7-19-12(14)16/h8-9,11H,7H2,1-6H3/t8-,9-/m1/s1. The van der Waals surface area contributed by atoms with Gasteiger partial charge in [0.1, 0.15) is 6.61 Å².